The maximum atomic E-state index is 12.2. The van der Waals surface area contributed by atoms with Gasteiger partial charge < -0.3 is 4.98 Å². The number of rotatable bonds is 6. The largest absolute Gasteiger partial charge is 0.305 e. The van der Waals surface area contributed by atoms with Crippen molar-refractivity contribution in [1.82, 2.24) is 29.6 Å². The fourth-order valence-electron chi connectivity index (χ4n) is 4.31. The van der Waals surface area contributed by atoms with Crippen LogP contribution in [0, 0.1) is 13.8 Å². The molecule has 0 atom stereocenters. The quantitative estimate of drug-likeness (QED) is 0.678. The van der Waals surface area contributed by atoms with Crippen molar-refractivity contribution >= 4 is 0 Å². The summed E-state index contributed by atoms with van der Waals surface area (Å²) in [6, 6.07) is 7.28. The molecule has 7 heteroatoms. The first kappa shape index (κ1) is 20.5. The lowest BCUT2D eigenvalue weighted by molar-refractivity contribution is 0.202. The van der Waals surface area contributed by atoms with Crippen molar-refractivity contribution in [3.8, 4) is 11.5 Å². The second-order valence-electron chi connectivity index (χ2n) is 8.16. The van der Waals surface area contributed by atoms with E-state index in [4.69, 9.17) is 10.1 Å². The predicted molar refractivity (Wildman–Crippen MR) is 117 cm³/mol. The number of piperidine rings is 1. The summed E-state index contributed by atoms with van der Waals surface area (Å²) in [6.45, 7) is 10.4. The number of likely N-dealkylation sites (tertiary alicyclic amines) is 1. The van der Waals surface area contributed by atoms with E-state index in [2.05, 4.69) is 40.3 Å². The number of H-pyrrole nitrogens is 1. The molecule has 0 amide bonds. The van der Waals surface area contributed by atoms with Gasteiger partial charge in [0, 0.05) is 42.5 Å². The molecular formula is C23H30N6O. The van der Waals surface area contributed by atoms with Crippen LogP contribution in [0.3, 0.4) is 0 Å². The average molecular weight is 407 g/mol. The maximum Gasteiger partial charge on any atom is 0.251 e. The van der Waals surface area contributed by atoms with E-state index in [-0.39, 0.29) is 5.56 Å². The molecule has 0 saturated carbocycles. The van der Waals surface area contributed by atoms with Crippen molar-refractivity contribution < 1.29 is 0 Å². The minimum absolute atomic E-state index is 0.113. The standard InChI is InChI=1S/C23H30N6O/c1-4-11-29-17(3)19(16(2)27-29)15-28-12-8-18(9-13-28)21-14-22(30)26-23(25-21)20-7-5-6-10-24-20/h5-7,10,14,18H,4,8-9,11-13,15H2,1-3H3,(H,25,26,30). The number of hydrogen-bond acceptors (Lipinski definition) is 5. The highest BCUT2D eigenvalue weighted by Gasteiger charge is 2.24. The fourth-order valence-corrected chi connectivity index (χ4v) is 4.31. The molecule has 158 valence electrons. The molecule has 1 aliphatic rings. The van der Waals surface area contributed by atoms with Gasteiger partial charge in [-0.25, -0.2) is 4.98 Å². The average Bonchev–Trinajstić information content (AvgIpc) is 3.02. The summed E-state index contributed by atoms with van der Waals surface area (Å²) in [5, 5.41) is 4.71. The minimum atomic E-state index is -0.113. The Hall–Kier alpha value is -2.80. The Balaban J connectivity index is 1.44. The normalized spacial score (nSPS) is 15.6. The highest BCUT2D eigenvalue weighted by molar-refractivity contribution is 5.48. The Morgan fingerprint density at radius 1 is 1.20 bits per heavy atom. The van der Waals surface area contributed by atoms with Crippen LogP contribution in [0.4, 0.5) is 0 Å². The van der Waals surface area contributed by atoms with Crippen molar-refractivity contribution in [2.75, 3.05) is 13.1 Å². The Morgan fingerprint density at radius 2 is 2.00 bits per heavy atom. The van der Waals surface area contributed by atoms with E-state index in [0.29, 0.717) is 17.4 Å². The molecule has 1 aliphatic heterocycles. The van der Waals surface area contributed by atoms with Crippen LogP contribution < -0.4 is 5.56 Å². The smallest absolute Gasteiger partial charge is 0.251 e. The van der Waals surface area contributed by atoms with Gasteiger partial charge in [-0.1, -0.05) is 13.0 Å². The van der Waals surface area contributed by atoms with Gasteiger partial charge in [-0.05, 0) is 58.3 Å². The van der Waals surface area contributed by atoms with E-state index in [1.165, 1.54) is 11.3 Å². The topological polar surface area (TPSA) is 79.7 Å². The predicted octanol–water partition coefficient (Wildman–Crippen LogP) is 3.43. The highest BCUT2D eigenvalue weighted by atomic mass is 16.1. The molecule has 0 unspecified atom stereocenters. The number of hydrogen-bond donors (Lipinski definition) is 1. The maximum absolute atomic E-state index is 12.2. The van der Waals surface area contributed by atoms with E-state index in [1.54, 1.807) is 12.3 Å². The van der Waals surface area contributed by atoms with Crippen molar-refractivity contribution in [3.05, 3.63) is 63.5 Å². The van der Waals surface area contributed by atoms with Gasteiger partial charge >= 0.3 is 0 Å². The van der Waals surface area contributed by atoms with Crippen molar-refractivity contribution in [3.63, 3.8) is 0 Å². The van der Waals surface area contributed by atoms with Crippen LogP contribution in [0.2, 0.25) is 0 Å². The number of aromatic nitrogens is 5. The summed E-state index contributed by atoms with van der Waals surface area (Å²) >= 11 is 0. The number of nitrogens with one attached hydrogen (secondary N) is 1. The van der Waals surface area contributed by atoms with Gasteiger partial charge in [-0.15, -0.1) is 0 Å². The number of aromatic amines is 1. The molecule has 1 N–H and O–H groups in total. The molecule has 7 nitrogen and oxygen atoms in total. The van der Waals surface area contributed by atoms with Gasteiger partial charge in [0.2, 0.25) is 0 Å². The van der Waals surface area contributed by atoms with Gasteiger partial charge in [-0.2, -0.15) is 5.10 Å². The van der Waals surface area contributed by atoms with Crippen molar-refractivity contribution in [2.45, 2.75) is 59.0 Å². The number of aryl methyl sites for hydroxylation is 2. The molecule has 3 aromatic heterocycles. The fraction of sp³-hybridized carbons (Fsp3) is 0.478. The third kappa shape index (κ3) is 4.36. The minimum Gasteiger partial charge on any atom is -0.305 e. The van der Waals surface area contributed by atoms with E-state index >= 15 is 0 Å². The van der Waals surface area contributed by atoms with Crippen LogP contribution in [0.25, 0.3) is 11.5 Å². The second-order valence-corrected chi connectivity index (χ2v) is 8.16. The summed E-state index contributed by atoms with van der Waals surface area (Å²) in [4.78, 5) is 26.6. The van der Waals surface area contributed by atoms with Crippen LogP contribution in [0.1, 0.15) is 54.7 Å². The number of nitrogens with zero attached hydrogens (tertiary/aromatic N) is 5. The van der Waals surface area contributed by atoms with Gasteiger partial charge in [0.05, 0.1) is 11.4 Å². The lowest BCUT2D eigenvalue weighted by Gasteiger charge is -2.31. The molecule has 0 aliphatic carbocycles. The van der Waals surface area contributed by atoms with Gasteiger partial charge in [0.15, 0.2) is 5.82 Å². The SMILES string of the molecule is CCCn1nc(C)c(CN2CCC(c3cc(=O)[nH]c(-c4ccccn4)n3)CC2)c1C. The molecule has 1 fully saturated rings. The van der Waals surface area contributed by atoms with E-state index in [1.807, 2.05) is 18.2 Å². The Kier molecular flexibility index (Phi) is 6.08. The van der Waals surface area contributed by atoms with E-state index in [0.717, 1.165) is 56.8 Å². The highest BCUT2D eigenvalue weighted by Crippen LogP contribution is 2.28. The molecule has 0 spiro atoms. The molecular weight excluding hydrogens is 376 g/mol. The number of pyridine rings is 1. The zero-order valence-electron chi connectivity index (χ0n) is 18.1. The molecule has 0 bridgehead atoms. The molecule has 1 saturated heterocycles. The first-order valence-electron chi connectivity index (χ1n) is 10.8. The van der Waals surface area contributed by atoms with Crippen LogP contribution in [0.15, 0.2) is 35.3 Å². The van der Waals surface area contributed by atoms with E-state index in [9.17, 15) is 4.79 Å². The van der Waals surface area contributed by atoms with Crippen LogP contribution in [-0.2, 0) is 13.1 Å². The Bertz CT molecular complexity index is 1050. The van der Waals surface area contributed by atoms with Crippen LogP contribution in [-0.4, -0.2) is 42.7 Å². The molecule has 30 heavy (non-hydrogen) atoms. The molecule has 4 rings (SSSR count). The molecule has 4 heterocycles. The third-order valence-corrected chi connectivity index (χ3v) is 6.02. The zero-order valence-corrected chi connectivity index (χ0v) is 18.1. The summed E-state index contributed by atoms with van der Waals surface area (Å²) in [7, 11) is 0. The third-order valence-electron chi connectivity index (χ3n) is 6.02. The lowest BCUT2D eigenvalue weighted by Crippen LogP contribution is -2.33. The van der Waals surface area contributed by atoms with Crippen LogP contribution >= 0.6 is 0 Å². The summed E-state index contributed by atoms with van der Waals surface area (Å²) in [5.74, 6) is 0.853. The van der Waals surface area contributed by atoms with Crippen LogP contribution in [0.5, 0.6) is 0 Å². The first-order valence-corrected chi connectivity index (χ1v) is 10.8. The van der Waals surface area contributed by atoms with E-state index < -0.39 is 0 Å². The summed E-state index contributed by atoms with van der Waals surface area (Å²) < 4.78 is 2.14. The lowest BCUT2D eigenvalue weighted by atomic mass is 9.93. The van der Waals surface area contributed by atoms with Crippen molar-refractivity contribution in [1.29, 1.82) is 0 Å². The van der Waals surface area contributed by atoms with Gasteiger partial charge in [0.1, 0.15) is 5.69 Å². The van der Waals surface area contributed by atoms with Gasteiger partial charge in [-0.3, -0.25) is 19.4 Å². The first-order chi connectivity index (χ1) is 14.5. The summed E-state index contributed by atoms with van der Waals surface area (Å²) in [6.07, 6.45) is 4.81. The van der Waals surface area contributed by atoms with Gasteiger partial charge in [0.25, 0.3) is 5.56 Å². The Morgan fingerprint density at radius 3 is 2.70 bits per heavy atom. The Labute approximate surface area is 177 Å². The summed E-state index contributed by atoms with van der Waals surface area (Å²) in [5.41, 5.74) is 5.24. The second kappa shape index (κ2) is 8.92. The zero-order chi connectivity index (χ0) is 21.1. The monoisotopic (exact) mass is 406 g/mol. The molecule has 0 aromatic carbocycles. The molecule has 0 radical (unpaired) electrons. The van der Waals surface area contributed by atoms with Crippen molar-refractivity contribution in [2.24, 2.45) is 0 Å². The molecule has 3 aromatic rings.